The highest BCUT2D eigenvalue weighted by atomic mass is 16.7. The Labute approximate surface area is 90.8 Å². The van der Waals surface area contributed by atoms with Crippen molar-refractivity contribution in [2.75, 3.05) is 0 Å². The van der Waals surface area contributed by atoms with Gasteiger partial charge in [-0.25, -0.2) is 4.79 Å². The van der Waals surface area contributed by atoms with Crippen LogP contribution >= 0.6 is 0 Å². The van der Waals surface area contributed by atoms with Gasteiger partial charge in [-0.1, -0.05) is 19.9 Å². The first-order chi connectivity index (χ1) is 7.15. The molecule has 1 aliphatic heterocycles. The van der Waals surface area contributed by atoms with Crippen molar-refractivity contribution < 1.29 is 14.3 Å². The minimum Gasteiger partial charge on any atom is -0.456 e. The van der Waals surface area contributed by atoms with E-state index >= 15 is 0 Å². The summed E-state index contributed by atoms with van der Waals surface area (Å²) >= 11 is 0. The molecule has 0 aromatic carbocycles. The summed E-state index contributed by atoms with van der Waals surface area (Å²) in [6.07, 6.45) is 6.08. The van der Waals surface area contributed by atoms with Crippen molar-refractivity contribution in [3.63, 3.8) is 0 Å². The van der Waals surface area contributed by atoms with E-state index in [4.69, 9.17) is 9.47 Å². The first-order valence-corrected chi connectivity index (χ1v) is 5.39. The Balaban J connectivity index is 2.74. The molecule has 0 N–H and O–H groups in total. The molecule has 0 aliphatic carbocycles. The van der Waals surface area contributed by atoms with Gasteiger partial charge in [0.2, 0.25) is 0 Å². The Hall–Kier alpha value is -1.25. The summed E-state index contributed by atoms with van der Waals surface area (Å²) in [7, 11) is 0. The molecule has 0 fully saturated rings. The summed E-state index contributed by atoms with van der Waals surface area (Å²) < 4.78 is 10.9. The molecule has 3 nitrogen and oxygen atoms in total. The van der Waals surface area contributed by atoms with E-state index in [1.807, 2.05) is 19.9 Å². The van der Waals surface area contributed by atoms with Gasteiger partial charge in [0.1, 0.15) is 5.76 Å². The van der Waals surface area contributed by atoms with E-state index in [2.05, 4.69) is 6.58 Å². The number of ether oxygens (including phenoxy) is 2. The molecule has 0 saturated heterocycles. The van der Waals surface area contributed by atoms with Crippen LogP contribution in [-0.2, 0) is 14.3 Å². The van der Waals surface area contributed by atoms with E-state index in [1.54, 1.807) is 0 Å². The fourth-order valence-corrected chi connectivity index (χ4v) is 1.54. The minimum absolute atomic E-state index is 0.302. The van der Waals surface area contributed by atoms with Crippen LogP contribution in [0.1, 0.15) is 39.5 Å². The molecule has 3 heteroatoms. The number of carbonyl (C=O) groups excluding carboxylic acids is 1. The van der Waals surface area contributed by atoms with Gasteiger partial charge >= 0.3 is 5.97 Å². The highest BCUT2D eigenvalue weighted by molar-refractivity contribution is 5.83. The molecule has 84 valence electrons. The van der Waals surface area contributed by atoms with Crippen molar-refractivity contribution in [3.8, 4) is 0 Å². The van der Waals surface area contributed by atoms with E-state index in [9.17, 15) is 4.79 Å². The lowest BCUT2D eigenvalue weighted by atomic mass is 10.1. The number of hydrogen-bond acceptors (Lipinski definition) is 3. The summed E-state index contributed by atoms with van der Waals surface area (Å²) in [6, 6.07) is 0. The third-order valence-electron chi connectivity index (χ3n) is 2.55. The van der Waals surface area contributed by atoms with Gasteiger partial charge in [0.25, 0.3) is 5.79 Å². The first-order valence-electron chi connectivity index (χ1n) is 5.39. The first kappa shape index (κ1) is 11.8. The zero-order chi connectivity index (χ0) is 11.3. The third kappa shape index (κ3) is 2.85. The second-order valence-corrected chi connectivity index (χ2v) is 3.58. The molecule has 0 bridgehead atoms. The maximum absolute atomic E-state index is 11.4. The molecule has 0 unspecified atom stereocenters. The largest absolute Gasteiger partial charge is 0.456 e. The van der Waals surface area contributed by atoms with Gasteiger partial charge in [0, 0.05) is 19.3 Å². The fourth-order valence-electron chi connectivity index (χ4n) is 1.54. The zero-order valence-electron chi connectivity index (χ0n) is 9.41. The summed E-state index contributed by atoms with van der Waals surface area (Å²) in [5.74, 6) is -0.346. The van der Waals surface area contributed by atoms with Crippen molar-refractivity contribution in [2.24, 2.45) is 0 Å². The molecular formula is C12H18O3. The second kappa shape index (κ2) is 5.01. The number of hydrogen-bond donors (Lipinski definition) is 0. The van der Waals surface area contributed by atoms with Gasteiger partial charge in [-0.05, 0) is 6.42 Å². The van der Waals surface area contributed by atoms with Crippen LogP contribution in [0.5, 0.6) is 0 Å². The number of allylic oxidation sites excluding steroid dienone is 2. The van der Waals surface area contributed by atoms with Crippen molar-refractivity contribution >= 4 is 5.97 Å². The van der Waals surface area contributed by atoms with E-state index in [0.717, 1.165) is 6.42 Å². The monoisotopic (exact) mass is 210 g/mol. The van der Waals surface area contributed by atoms with Crippen LogP contribution in [0.4, 0.5) is 0 Å². The molecule has 15 heavy (non-hydrogen) atoms. The number of esters is 1. The molecule has 0 spiro atoms. The van der Waals surface area contributed by atoms with E-state index < -0.39 is 5.79 Å². The van der Waals surface area contributed by atoms with Crippen LogP contribution in [-0.4, -0.2) is 11.8 Å². The summed E-state index contributed by atoms with van der Waals surface area (Å²) in [5.41, 5.74) is 0. The standard InChI is InChI=1S/C12H18O3/c1-4-7-8-10-9-11(13)15-12(5-2,6-3)14-10/h4,9H,1,5-8H2,2-3H3. The third-order valence-corrected chi connectivity index (χ3v) is 2.55. The predicted octanol–water partition coefficient (Wildman–Crippen LogP) is 2.93. The van der Waals surface area contributed by atoms with Crippen LogP contribution in [0.3, 0.4) is 0 Å². The zero-order valence-corrected chi connectivity index (χ0v) is 9.41. The Kier molecular flexibility index (Phi) is 3.95. The molecule has 0 aromatic heterocycles. The van der Waals surface area contributed by atoms with Crippen LogP contribution < -0.4 is 0 Å². The smallest absolute Gasteiger partial charge is 0.337 e. The second-order valence-electron chi connectivity index (χ2n) is 3.58. The SMILES string of the molecule is C=CCCC1=CC(=O)OC(CC)(CC)O1. The summed E-state index contributed by atoms with van der Waals surface area (Å²) in [6.45, 7) is 7.55. The Bertz CT molecular complexity index is 275. The van der Waals surface area contributed by atoms with Gasteiger partial charge in [-0.3, -0.25) is 0 Å². The number of cyclic esters (lactones) is 1. The highest BCUT2D eigenvalue weighted by Crippen LogP contribution is 2.30. The van der Waals surface area contributed by atoms with Crippen LogP contribution in [0.25, 0.3) is 0 Å². The molecule has 0 radical (unpaired) electrons. The summed E-state index contributed by atoms with van der Waals surface area (Å²) in [5, 5.41) is 0. The number of rotatable bonds is 5. The average Bonchev–Trinajstić information content (AvgIpc) is 2.25. The molecule has 1 heterocycles. The van der Waals surface area contributed by atoms with E-state index in [-0.39, 0.29) is 5.97 Å². The van der Waals surface area contributed by atoms with Crippen LogP contribution in [0, 0.1) is 0 Å². The summed E-state index contributed by atoms with van der Waals surface area (Å²) in [4.78, 5) is 11.4. The fraction of sp³-hybridized carbons (Fsp3) is 0.583. The molecule has 0 aromatic rings. The van der Waals surface area contributed by atoms with Gasteiger partial charge in [-0.15, -0.1) is 6.58 Å². The molecular weight excluding hydrogens is 192 g/mol. The quantitative estimate of drug-likeness (QED) is 0.517. The van der Waals surface area contributed by atoms with Gasteiger partial charge < -0.3 is 9.47 Å². The van der Waals surface area contributed by atoms with Crippen molar-refractivity contribution in [3.05, 3.63) is 24.5 Å². The van der Waals surface area contributed by atoms with E-state index in [1.165, 1.54) is 6.08 Å². The predicted molar refractivity (Wildman–Crippen MR) is 58.0 cm³/mol. The molecule has 0 amide bonds. The Morgan fingerprint density at radius 2 is 2.07 bits per heavy atom. The van der Waals surface area contributed by atoms with Gasteiger partial charge in [-0.2, -0.15) is 0 Å². The highest BCUT2D eigenvalue weighted by Gasteiger charge is 2.36. The molecule has 1 aliphatic rings. The van der Waals surface area contributed by atoms with Crippen LogP contribution in [0.2, 0.25) is 0 Å². The average molecular weight is 210 g/mol. The lowest BCUT2D eigenvalue weighted by Crippen LogP contribution is -2.39. The van der Waals surface area contributed by atoms with Crippen molar-refractivity contribution in [1.29, 1.82) is 0 Å². The Morgan fingerprint density at radius 1 is 1.40 bits per heavy atom. The lowest BCUT2D eigenvalue weighted by molar-refractivity contribution is -0.224. The van der Waals surface area contributed by atoms with Crippen LogP contribution in [0.15, 0.2) is 24.5 Å². The van der Waals surface area contributed by atoms with Crippen molar-refractivity contribution in [1.82, 2.24) is 0 Å². The molecule has 1 rings (SSSR count). The molecule has 0 atom stereocenters. The van der Waals surface area contributed by atoms with Gasteiger partial charge in [0.05, 0.1) is 6.08 Å². The Morgan fingerprint density at radius 3 is 2.60 bits per heavy atom. The van der Waals surface area contributed by atoms with Crippen molar-refractivity contribution in [2.45, 2.75) is 45.3 Å². The maximum atomic E-state index is 11.4. The van der Waals surface area contributed by atoms with Gasteiger partial charge in [0.15, 0.2) is 0 Å². The minimum atomic E-state index is -0.748. The molecule has 0 saturated carbocycles. The number of carbonyl (C=O) groups is 1. The van der Waals surface area contributed by atoms with E-state index in [0.29, 0.717) is 25.0 Å². The maximum Gasteiger partial charge on any atom is 0.337 e. The normalized spacial score (nSPS) is 18.8. The lowest BCUT2D eigenvalue weighted by Gasteiger charge is -2.35. The topological polar surface area (TPSA) is 35.5 Å².